The van der Waals surface area contributed by atoms with Gasteiger partial charge in [-0.25, -0.2) is 0 Å². The quantitative estimate of drug-likeness (QED) is 0.673. The summed E-state index contributed by atoms with van der Waals surface area (Å²) in [6, 6.07) is 4.13. The SMILES string of the molecule is CN=C(N)SCc1ccc(Br)s1.Cl. The Balaban J connectivity index is 0.00000144. The molecule has 1 aromatic heterocycles. The van der Waals surface area contributed by atoms with Crippen LogP contribution >= 0.6 is 51.4 Å². The summed E-state index contributed by atoms with van der Waals surface area (Å²) in [6.45, 7) is 0. The van der Waals surface area contributed by atoms with Crippen LogP contribution in [0.3, 0.4) is 0 Å². The smallest absolute Gasteiger partial charge is 0.153 e. The molecular weight excluding hydrogens is 292 g/mol. The molecule has 0 unspecified atom stereocenters. The van der Waals surface area contributed by atoms with Gasteiger partial charge in [0.25, 0.3) is 0 Å². The van der Waals surface area contributed by atoms with Crippen LogP contribution < -0.4 is 5.73 Å². The Morgan fingerprint density at radius 2 is 2.38 bits per heavy atom. The second kappa shape index (κ2) is 6.70. The summed E-state index contributed by atoms with van der Waals surface area (Å²) in [5, 5.41) is 0.638. The van der Waals surface area contributed by atoms with E-state index in [0.717, 1.165) is 9.54 Å². The van der Waals surface area contributed by atoms with Gasteiger partial charge in [-0.05, 0) is 28.1 Å². The summed E-state index contributed by atoms with van der Waals surface area (Å²) < 4.78 is 1.16. The molecule has 0 radical (unpaired) electrons. The Morgan fingerprint density at radius 1 is 1.69 bits per heavy atom. The van der Waals surface area contributed by atoms with E-state index in [-0.39, 0.29) is 12.4 Å². The highest BCUT2D eigenvalue weighted by Gasteiger charge is 1.98. The lowest BCUT2D eigenvalue weighted by molar-refractivity contribution is 1.43. The van der Waals surface area contributed by atoms with Gasteiger partial charge in [0, 0.05) is 17.7 Å². The Hall–Kier alpha value is 0.290. The van der Waals surface area contributed by atoms with Crippen molar-refractivity contribution in [2.45, 2.75) is 5.75 Å². The highest BCUT2D eigenvalue weighted by atomic mass is 79.9. The van der Waals surface area contributed by atoms with Crippen LogP contribution in [0.5, 0.6) is 0 Å². The molecule has 1 heterocycles. The maximum atomic E-state index is 5.53. The van der Waals surface area contributed by atoms with Crippen molar-refractivity contribution in [3.63, 3.8) is 0 Å². The number of thiophene rings is 1. The number of nitrogens with two attached hydrogens (primary N) is 1. The molecule has 0 aromatic carbocycles. The number of hydrogen-bond donors (Lipinski definition) is 1. The minimum Gasteiger partial charge on any atom is -0.379 e. The fourth-order valence-corrected chi connectivity index (χ4v) is 2.85. The third-order valence-electron chi connectivity index (χ3n) is 1.21. The van der Waals surface area contributed by atoms with E-state index < -0.39 is 0 Å². The minimum atomic E-state index is 0. The number of aliphatic imine (C=N–C) groups is 1. The summed E-state index contributed by atoms with van der Waals surface area (Å²) in [6.07, 6.45) is 0. The molecule has 0 atom stereocenters. The first kappa shape index (κ1) is 13.3. The van der Waals surface area contributed by atoms with Crippen molar-refractivity contribution in [1.82, 2.24) is 0 Å². The number of nitrogens with zero attached hydrogens (tertiary/aromatic N) is 1. The fraction of sp³-hybridized carbons (Fsp3) is 0.286. The molecular formula is C7H10BrClN2S2. The van der Waals surface area contributed by atoms with E-state index in [4.69, 9.17) is 5.73 Å². The van der Waals surface area contributed by atoms with Crippen molar-refractivity contribution in [3.8, 4) is 0 Å². The zero-order chi connectivity index (χ0) is 8.97. The molecule has 1 rings (SSSR count). The van der Waals surface area contributed by atoms with Gasteiger partial charge in [-0.1, -0.05) is 11.8 Å². The van der Waals surface area contributed by atoms with Gasteiger partial charge in [0.2, 0.25) is 0 Å². The maximum absolute atomic E-state index is 5.53. The van der Waals surface area contributed by atoms with E-state index >= 15 is 0 Å². The van der Waals surface area contributed by atoms with Crippen molar-refractivity contribution in [1.29, 1.82) is 0 Å². The maximum Gasteiger partial charge on any atom is 0.153 e. The number of hydrogen-bond acceptors (Lipinski definition) is 3. The lowest BCUT2D eigenvalue weighted by atomic mass is 10.5. The number of rotatable bonds is 2. The van der Waals surface area contributed by atoms with E-state index in [1.165, 1.54) is 4.88 Å². The van der Waals surface area contributed by atoms with Crippen molar-refractivity contribution in [3.05, 3.63) is 20.8 Å². The summed E-state index contributed by atoms with van der Waals surface area (Å²) in [5.41, 5.74) is 5.53. The standard InChI is InChI=1S/C7H9BrN2S2.ClH/c1-10-7(9)11-4-5-2-3-6(8)12-5;/h2-3H,4H2,1H3,(H2,9,10);1H. The molecule has 6 heteroatoms. The molecule has 0 aliphatic rings. The van der Waals surface area contributed by atoms with Gasteiger partial charge >= 0.3 is 0 Å². The molecule has 0 fully saturated rings. The van der Waals surface area contributed by atoms with Gasteiger partial charge in [-0.3, -0.25) is 4.99 Å². The molecule has 2 N–H and O–H groups in total. The van der Waals surface area contributed by atoms with E-state index in [2.05, 4.69) is 27.0 Å². The van der Waals surface area contributed by atoms with Gasteiger partial charge < -0.3 is 5.73 Å². The first-order valence-electron chi connectivity index (χ1n) is 3.31. The van der Waals surface area contributed by atoms with Crippen LogP contribution in [-0.4, -0.2) is 12.2 Å². The number of amidine groups is 1. The van der Waals surface area contributed by atoms with E-state index in [9.17, 15) is 0 Å². The summed E-state index contributed by atoms with van der Waals surface area (Å²) >= 11 is 6.69. The Bertz CT molecular complexity index is 288. The van der Waals surface area contributed by atoms with E-state index in [0.29, 0.717) is 5.17 Å². The lowest BCUT2D eigenvalue weighted by Gasteiger charge is -1.95. The molecule has 0 saturated carbocycles. The highest BCUT2D eigenvalue weighted by molar-refractivity contribution is 9.11. The molecule has 0 saturated heterocycles. The number of thioether (sulfide) groups is 1. The molecule has 1 aromatic rings. The van der Waals surface area contributed by atoms with Crippen LogP contribution in [-0.2, 0) is 5.75 Å². The monoisotopic (exact) mass is 300 g/mol. The second-order valence-electron chi connectivity index (χ2n) is 2.06. The lowest BCUT2D eigenvalue weighted by Crippen LogP contribution is -2.05. The Kier molecular flexibility index (Phi) is 6.85. The summed E-state index contributed by atoms with van der Waals surface area (Å²) in [7, 11) is 1.70. The molecule has 0 aliphatic heterocycles. The van der Waals surface area contributed by atoms with Gasteiger partial charge in [0.1, 0.15) is 0 Å². The third-order valence-corrected chi connectivity index (χ3v) is 3.95. The Labute approximate surface area is 101 Å². The zero-order valence-corrected chi connectivity index (χ0v) is 11.0. The molecule has 0 spiro atoms. The van der Waals surface area contributed by atoms with Crippen LogP contribution in [0, 0.1) is 0 Å². The number of halogens is 2. The van der Waals surface area contributed by atoms with Gasteiger partial charge in [0.05, 0.1) is 3.79 Å². The molecule has 0 amide bonds. The van der Waals surface area contributed by atoms with E-state index in [1.54, 1.807) is 30.1 Å². The van der Waals surface area contributed by atoms with Crippen LogP contribution in [0.1, 0.15) is 4.88 Å². The summed E-state index contributed by atoms with van der Waals surface area (Å²) in [5.74, 6) is 0.902. The normalized spacial score (nSPS) is 11.1. The first-order valence-corrected chi connectivity index (χ1v) is 5.91. The van der Waals surface area contributed by atoms with Gasteiger partial charge in [-0.15, -0.1) is 23.7 Å². The largest absolute Gasteiger partial charge is 0.379 e. The van der Waals surface area contributed by atoms with Crippen molar-refractivity contribution < 1.29 is 0 Å². The van der Waals surface area contributed by atoms with Gasteiger partial charge in [-0.2, -0.15) is 0 Å². The molecule has 2 nitrogen and oxygen atoms in total. The molecule has 13 heavy (non-hydrogen) atoms. The predicted molar refractivity (Wildman–Crippen MR) is 68.1 cm³/mol. The predicted octanol–water partition coefficient (Wildman–Crippen LogP) is 3.11. The van der Waals surface area contributed by atoms with Crippen molar-refractivity contribution in [2.24, 2.45) is 10.7 Å². The van der Waals surface area contributed by atoms with Crippen molar-refractivity contribution in [2.75, 3.05) is 7.05 Å². The van der Waals surface area contributed by atoms with Gasteiger partial charge in [0.15, 0.2) is 5.17 Å². The summed E-state index contributed by atoms with van der Waals surface area (Å²) in [4.78, 5) is 5.16. The first-order chi connectivity index (χ1) is 5.72. The average molecular weight is 302 g/mol. The zero-order valence-electron chi connectivity index (χ0n) is 6.99. The van der Waals surface area contributed by atoms with Crippen molar-refractivity contribution >= 4 is 56.6 Å². The Morgan fingerprint density at radius 3 is 2.85 bits per heavy atom. The minimum absolute atomic E-state index is 0. The third kappa shape index (κ3) is 4.90. The topological polar surface area (TPSA) is 38.4 Å². The van der Waals surface area contributed by atoms with Crippen LogP contribution in [0.4, 0.5) is 0 Å². The molecule has 0 aliphatic carbocycles. The fourth-order valence-electron chi connectivity index (χ4n) is 0.639. The highest BCUT2D eigenvalue weighted by Crippen LogP contribution is 2.25. The van der Waals surface area contributed by atoms with Crippen LogP contribution in [0.2, 0.25) is 0 Å². The second-order valence-corrected chi connectivity index (χ2v) is 5.60. The van der Waals surface area contributed by atoms with Crippen LogP contribution in [0.15, 0.2) is 20.9 Å². The van der Waals surface area contributed by atoms with E-state index in [1.807, 2.05) is 6.07 Å². The average Bonchev–Trinajstić information content (AvgIpc) is 2.47. The van der Waals surface area contributed by atoms with Crippen LogP contribution in [0.25, 0.3) is 0 Å². The molecule has 74 valence electrons. The molecule has 0 bridgehead atoms.